The molecule has 3 rings (SSSR count). The molecule has 0 fully saturated rings. The zero-order chi connectivity index (χ0) is 13.4. The van der Waals surface area contributed by atoms with E-state index >= 15 is 0 Å². The van der Waals surface area contributed by atoms with Gasteiger partial charge < -0.3 is 0 Å². The number of ketones is 1. The van der Waals surface area contributed by atoms with Gasteiger partial charge in [-0.3, -0.25) is 4.79 Å². The molecule has 1 aromatic heterocycles. The van der Waals surface area contributed by atoms with Crippen molar-refractivity contribution in [3.05, 3.63) is 59.7 Å². The Kier molecular flexibility index (Phi) is 2.59. The molecule has 0 amide bonds. The van der Waals surface area contributed by atoms with Crippen LogP contribution >= 0.6 is 0 Å². The van der Waals surface area contributed by atoms with Crippen LogP contribution in [0.2, 0.25) is 0 Å². The van der Waals surface area contributed by atoms with Gasteiger partial charge >= 0.3 is 0 Å². The summed E-state index contributed by atoms with van der Waals surface area (Å²) in [7, 11) is 1.64. The Labute approximate surface area is 108 Å². The molecule has 0 aliphatic heterocycles. The van der Waals surface area contributed by atoms with Crippen molar-refractivity contribution in [3.8, 4) is 0 Å². The molecular weight excluding hydrogens is 245 g/mol. The highest BCUT2D eigenvalue weighted by Gasteiger charge is 2.17. The second-order valence-corrected chi connectivity index (χ2v) is 4.21. The van der Waals surface area contributed by atoms with Crippen LogP contribution in [-0.2, 0) is 7.05 Å². The van der Waals surface area contributed by atoms with Crippen molar-refractivity contribution in [2.45, 2.75) is 0 Å². The maximum absolute atomic E-state index is 13.7. The third-order valence-corrected chi connectivity index (χ3v) is 3.06. The van der Waals surface area contributed by atoms with Crippen LogP contribution in [0.1, 0.15) is 16.1 Å². The molecule has 2 aromatic carbocycles. The normalized spacial score (nSPS) is 10.8. The topological polar surface area (TPSA) is 47.8 Å². The number of nitrogens with zero attached hydrogens (tertiary/aromatic N) is 3. The maximum atomic E-state index is 13.7. The highest BCUT2D eigenvalue weighted by Crippen LogP contribution is 2.23. The fourth-order valence-electron chi connectivity index (χ4n) is 2.09. The lowest BCUT2D eigenvalue weighted by molar-refractivity contribution is 0.103. The fraction of sp³-hybridized carbons (Fsp3) is 0.0714. The van der Waals surface area contributed by atoms with Gasteiger partial charge in [-0.2, -0.15) is 0 Å². The number of halogens is 1. The summed E-state index contributed by atoms with van der Waals surface area (Å²) in [6, 6.07) is 9.70. The van der Waals surface area contributed by atoms with Gasteiger partial charge in [-0.15, -0.1) is 5.10 Å². The zero-order valence-corrected chi connectivity index (χ0v) is 10.2. The number of aromatic nitrogens is 3. The summed E-state index contributed by atoms with van der Waals surface area (Å²) in [5.41, 5.74) is 0.819. The lowest BCUT2D eigenvalue weighted by atomic mass is 10.00. The quantitative estimate of drug-likeness (QED) is 0.660. The van der Waals surface area contributed by atoms with Crippen LogP contribution in [0.3, 0.4) is 0 Å². The molecular formula is C14H10FN3O. The summed E-state index contributed by atoms with van der Waals surface area (Å²) in [6.45, 7) is 0. The molecule has 0 saturated carbocycles. The van der Waals surface area contributed by atoms with Crippen LogP contribution in [0.4, 0.5) is 4.39 Å². The van der Waals surface area contributed by atoms with Crippen molar-refractivity contribution < 1.29 is 9.18 Å². The van der Waals surface area contributed by atoms with E-state index in [9.17, 15) is 9.18 Å². The van der Waals surface area contributed by atoms with E-state index in [1.807, 2.05) is 0 Å². The molecule has 0 unspecified atom stereocenters. The van der Waals surface area contributed by atoms with Crippen molar-refractivity contribution in [1.82, 2.24) is 15.0 Å². The molecule has 19 heavy (non-hydrogen) atoms. The van der Waals surface area contributed by atoms with E-state index in [0.29, 0.717) is 22.0 Å². The van der Waals surface area contributed by atoms with Crippen LogP contribution in [-0.4, -0.2) is 20.8 Å². The molecule has 0 spiro atoms. The average molecular weight is 255 g/mol. The van der Waals surface area contributed by atoms with Crippen LogP contribution in [0.15, 0.2) is 42.6 Å². The Morgan fingerprint density at radius 2 is 1.89 bits per heavy atom. The molecule has 0 saturated heterocycles. The molecule has 0 atom stereocenters. The number of carbonyl (C=O) groups is 1. The predicted octanol–water partition coefficient (Wildman–Crippen LogP) is 2.34. The maximum Gasteiger partial charge on any atom is 0.213 e. The number of carbonyl (C=O) groups excluding carboxylic acids is 1. The molecule has 0 radical (unpaired) electrons. The SMILES string of the molecule is Cn1nncc1C(=O)c1ccc(F)c2ccccc12. The summed E-state index contributed by atoms with van der Waals surface area (Å²) >= 11 is 0. The van der Waals surface area contributed by atoms with Crippen LogP contribution < -0.4 is 0 Å². The Morgan fingerprint density at radius 1 is 1.16 bits per heavy atom. The van der Waals surface area contributed by atoms with E-state index in [2.05, 4.69) is 10.3 Å². The number of aryl methyl sites for hydroxylation is 1. The summed E-state index contributed by atoms with van der Waals surface area (Å²) < 4.78 is 15.1. The summed E-state index contributed by atoms with van der Waals surface area (Å²) in [5.74, 6) is -0.556. The first kappa shape index (κ1) is 11.5. The van der Waals surface area contributed by atoms with Gasteiger partial charge in [0.05, 0.1) is 6.20 Å². The van der Waals surface area contributed by atoms with Crippen molar-refractivity contribution >= 4 is 16.6 Å². The molecule has 94 valence electrons. The first-order valence-electron chi connectivity index (χ1n) is 5.75. The van der Waals surface area contributed by atoms with Crippen LogP contribution in [0.5, 0.6) is 0 Å². The van der Waals surface area contributed by atoms with Crippen LogP contribution in [0, 0.1) is 5.82 Å². The molecule has 0 N–H and O–H groups in total. The van der Waals surface area contributed by atoms with Crippen molar-refractivity contribution in [3.63, 3.8) is 0 Å². The van der Waals surface area contributed by atoms with Gasteiger partial charge in [-0.1, -0.05) is 29.5 Å². The minimum absolute atomic E-state index is 0.219. The van der Waals surface area contributed by atoms with Gasteiger partial charge in [0.15, 0.2) is 0 Å². The van der Waals surface area contributed by atoms with Gasteiger partial charge in [-0.25, -0.2) is 9.07 Å². The molecule has 1 heterocycles. The standard InChI is InChI=1S/C14H10FN3O/c1-18-13(8-16-17-18)14(19)11-6-7-12(15)10-5-3-2-4-9(10)11/h2-8H,1H3. The second-order valence-electron chi connectivity index (χ2n) is 4.21. The first-order valence-corrected chi connectivity index (χ1v) is 5.75. The molecule has 4 nitrogen and oxygen atoms in total. The van der Waals surface area contributed by atoms with E-state index < -0.39 is 0 Å². The van der Waals surface area contributed by atoms with E-state index in [1.165, 1.54) is 23.0 Å². The number of hydrogen-bond donors (Lipinski definition) is 0. The highest BCUT2D eigenvalue weighted by atomic mass is 19.1. The monoisotopic (exact) mass is 255 g/mol. The molecule has 0 aliphatic carbocycles. The zero-order valence-electron chi connectivity index (χ0n) is 10.2. The van der Waals surface area contributed by atoms with Crippen molar-refractivity contribution in [1.29, 1.82) is 0 Å². The van der Waals surface area contributed by atoms with Gasteiger partial charge in [-0.05, 0) is 17.5 Å². The van der Waals surface area contributed by atoms with E-state index in [0.717, 1.165) is 0 Å². The van der Waals surface area contributed by atoms with Crippen LogP contribution in [0.25, 0.3) is 10.8 Å². The molecule has 5 heteroatoms. The van der Waals surface area contributed by atoms with Gasteiger partial charge in [0.1, 0.15) is 11.5 Å². The van der Waals surface area contributed by atoms with Gasteiger partial charge in [0.2, 0.25) is 5.78 Å². The van der Waals surface area contributed by atoms with Crippen molar-refractivity contribution in [2.75, 3.05) is 0 Å². The van der Waals surface area contributed by atoms with E-state index in [1.54, 1.807) is 31.3 Å². The number of hydrogen-bond acceptors (Lipinski definition) is 3. The molecule has 0 aliphatic rings. The number of benzene rings is 2. The number of rotatable bonds is 2. The van der Waals surface area contributed by atoms with E-state index in [-0.39, 0.29) is 11.6 Å². The highest BCUT2D eigenvalue weighted by molar-refractivity contribution is 6.15. The number of fused-ring (bicyclic) bond motifs is 1. The molecule has 3 aromatic rings. The fourth-order valence-corrected chi connectivity index (χ4v) is 2.09. The largest absolute Gasteiger partial charge is 0.287 e. The first-order chi connectivity index (χ1) is 9.18. The summed E-state index contributed by atoms with van der Waals surface area (Å²) in [4.78, 5) is 12.4. The average Bonchev–Trinajstić information content (AvgIpc) is 2.85. The second kappa shape index (κ2) is 4.28. The predicted molar refractivity (Wildman–Crippen MR) is 68.3 cm³/mol. The van der Waals surface area contributed by atoms with Gasteiger partial charge in [0, 0.05) is 18.0 Å². The third-order valence-electron chi connectivity index (χ3n) is 3.06. The lowest BCUT2D eigenvalue weighted by Gasteiger charge is -2.06. The Morgan fingerprint density at radius 3 is 2.58 bits per heavy atom. The Bertz CT molecular complexity index is 779. The minimum atomic E-state index is -0.338. The Balaban J connectivity index is 2.24. The third kappa shape index (κ3) is 1.79. The summed E-state index contributed by atoms with van der Waals surface area (Å²) in [5, 5.41) is 8.44. The lowest BCUT2D eigenvalue weighted by Crippen LogP contribution is -2.09. The van der Waals surface area contributed by atoms with E-state index in [4.69, 9.17) is 0 Å². The molecule has 0 bridgehead atoms. The summed E-state index contributed by atoms with van der Waals surface area (Å²) in [6.07, 6.45) is 1.40. The van der Waals surface area contributed by atoms with Crippen molar-refractivity contribution in [2.24, 2.45) is 7.05 Å². The minimum Gasteiger partial charge on any atom is -0.287 e. The Hall–Kier alpha value is -2.56. The van der Waals surface area contributed by atoms with Gasteiger partial charge in [0.25, 0.3) is 0 Å². The smallest absolute Gasteiger partial charge is 0.213 e.